The van der Waals surface area contributed by atoms with Gasteiger partial charge in [0.15, 0.2) is 0 Å². The molecule has 0 saturated heterocycles. The number of ether oxygens (including phenoxy) is 1. The van der Waals surface area contributed by atoms with Gasteiger partial charge in [-0.1, -0.05) is 45.8 Å². The lowest BCUT2D eigenvalue weighted by atomic mass is 9.39. The maximum Gasteiger partial charge on any atom is 0.306 e. The molecule has 2 saturated carbocycles. The second-order valence-corrected chi connectivity index (χ2v) is 11.2. The van der Waals surface area contributed by atoms with E-state index in [9.17, 15) is 4.79 Å². The molecule has 0 N–H and O–H groups in total. The highest BCUT2D eigenvalue weighted by Gasteiger charge is 2.60. The fraction of sp³-hybridized carbons (Fsp3) is 0.875. The average molecular weight is 395 g/mol. The number of carbonyl (C=O) groups is 1. The molecule has 0 bridgehead atoms. The number of hydrogen-bond donors (Lipinski definition) is 0. The van der Waals surface area contributed by atoms with Gasteiger partial charge >= 0.3 is 5.97 Å². The standard InChI is InChI=1S/C24H39ClO2/c1-16(2)27-21(26)14-18-17(15-25)8-9-20-23(18,5)13-10-19-22(3,4)11-7-12-24(19,20)6/h8,16,18-20H,7,9-15H2,1-6H3/t18-,19+,20+,23+,24+/m1/s1. The third kappa shape index (κ3) is 3.61. The van der Waals surface area contributed by atoms with Gasteiger partial charge in [-0.2, -0.15) is 0 Å². The molecule has 0 aromatic heterocycles. The summed E-state index contributed by atoms with van der Waals surface area (Å²) in [7, 11) is 0. The van der Waals surface area contributed by atoms with E-state index in [0.717, 1.165) is 12.3 Å². The van der Waals surface area contributed by atoms with Gasteiger partial charge in [0.05, 0.1) is 12.5 Å². The van der Waals surface area contributed by atoms with Crippen molar-refractivity contribution in [2.75, 3.05) is 5.88 Å². The van der Waals surface area contributed by atoms with Crippen LogP contribution in [0.15, 0.2) is 11.6 Å². The number of hydrogen-bond acceptors (Lipinski definition) is 2. The third-order valence-corrected chi connectivity index (χ3v) is 8.90. The lowest BCUT2D eigenvalue weighted by Crippen LogP contribution is -2.58. The zero-order chi connectivity index (χ0) is 20.0. The maximum atomic E-state index is 12.6. The lowest BCUT2D eigenvalue weighted by molar-refractivity contribution is -0.160. The Morgan fingerprint density at radius 3 is 2.48 bits per heavy atom. The van der Waals surface area contributed by atoms with Crippen LogP contribution in [0.4, 0.5) is 0 Å². The molecule has 27 heavy (non-hydrogen) atoms. The van der Waals surface area contributed by atoms with Crippen molar-refractivity contribution in [2.24, 2.45) is 34.0 Å². The number of esters is 1. The van der Waals surface area contributed by atoms with Gasteiger partial charge in [-0.05, 0) is 80.0 Å². The molecule has 2 fully saturated rings. The number of alkyl halides is 1. The first kappa shape index (κ1) is 21.2. The molecule has 2 nitrogen and oxygen atoms in total. The Hall–Kier alpha value is -0.500. The Labute approximate surface area is 171 Å². The molecule has 0 amide bonds. The van der Waals surface area contributed by atoms with Crippen LogP contribution in [0.5, 0.6) is 0 Å². The van der Waals surface area contributed by atoms with Crippen molar-refractivity contribution in [3.05, 3.63) is 11.6 Å². The van der Waals surface area contributed by atoms with Crippen molar-refractivity contribution in [1.29, 1.82) is 0 Å². The van der Waals surface area contributed by atoms with E-state index in [1.807, 2.05) is 13.8 Å². The Bertz CT molecular complexity index is 608. The molecule has 3 aliphatic carbocycles. The van der Waals surface area contributed by atoms with Gasteiger partial charge in [0.2, 0.25) is 0 Å². The number of rotatable bonds is 4. The molecule has 0 heterocycles. The predicted octanol–water partition coefficient (Wildman–Crippen LogP) is 6.76. The van der Waals surface area contributed by atoms with Crippen molar-refractivity contribution < 1.29 is 9.53 Å². The Kier molecular flexibility index (Phi) is 5.81. The molecule has 3 rings (SSSR count). The van der Waals surface area contributed by atoms with Crippen molar-refractivity contribution in [3.8, 4) is 0 Å². The fourth-order valence-corrected chi connectivity index (χ4v) is 7.76. The van der Waals surface area contributed by atoms with Gasteiger partial charge in [-0.3, -0.25) is 4.79 Å². The first-order valence-corrected chi connectivity index (χ1v) is 11.5. The molecular weight excluding hydrogens is 356 g/mol. The first-order valence-electron chi connectivity index (χ1n) is 11.0. The summed E-state index contributed by atoms with van der Waals surface area (Å²) in [5, 5.41) is 0. The van der Waals surface area contributed by atoms with E-state index >= 15 is 0 Å². The van der Waals surface area contributed by atoms with Crippen LogP contribution in [0.1, 0.15) is 86.5 Å². The van der Waals surface area contributed by atoms with Gasteiger partial charge in [-0.25, -0.2) is 0 Å². The molecule has 0 aliphatic heterocycles. The molecule has 0 radical (unpaired) electrons. The zero-order valence-electron chi connectivity index (χ0n) is 18.2. The highest BCUT2D eigenvalue weighted by molar-refractivity contribution is 6.19. The third-order valence-electron chi connectivity index (χ3n) is 8.59. The Morgan fingerprint density at radius 2 is 1.85 bits per heavy atom. The fourth-order valence-electron chi connectivity index (χ4n) is 7.47. The molecule has 3 heteroatoms. The second kappa shape index (κ2) is 7.39. The molecule has 154 valence electrons. The van der Waals surface area contributed by atoms with E-state index in [-0.39, 0.29) is 23.4 Å². The minimum absolute atomic E-state index is 0.0551. The van der Waals surface area contributed by atoms with Crippen LogP contribution < -0.4 is 0 Å². The maximum absolute atomic E-state index is 12.6. The minimum Gasteiger partial charge on any atom is -0.463 e. The SMILES string of the molecule is CC(C)OC(=O)C[C@@H]1C(CCl)=CC[C@H]2[C@@]1(C)CC[C@H]1C(C)(C)CCC[C@]21C. The highest BCUT2D eigenvalue weighted by Crippen LogP contribution is 2.68. The van der Waals surface area contributed by atoms with Crippen LogP contribution in [0.2, 0.25) is 0 Å². The Balaban J connectivity index is 1.94. The van der Waals surface area contributed by atoms with Crippen LogP contribution in [0, 0.1) is 34.0 Å². The van der Waals surface area contributed by atoms with E-state index in [2.05, 4.69) is 33.8 Å². The number of fused-ring (bicyclic) bond motifs is 3. The van der Waals surface area contributed by atoms with Crippen LogP contribution in [0.3, 0.4) is 0 Å². The molecular formula is C24H39ClO2. The van der Waals surface area contributed by atoms with E-state index in [1.165, 1.54) is 37.7 Å². The zero-order valence-corrected chi connectivity index (χ0v) is 19.0. The number of allylic oxidation sites excluding steroid dienone is 2. The second-order valence-electron chi connectivity index (χ2n) is 10.9. The summed E-state index contributed by atoms with van der Waals surface area (Å²) in [6.45, 7) is 13.8. The molecule has 0 aromatic carbocycles. The van der Waals surface area contributed by atoms with Gasteiger partial charge < -0.3 is 4.74 Å². The molecule has 3 aliphatic rings. The van der Waals surface area contributed by atoms with Gasteiger partial charge in [-0.15, -0.1) is 11.6 Å². The smallest absolute Gasteiger partial charge is 0.306 e. The van der Waals surface area contributed by atoms with Gasteiger partial charge in [0.1, 0.15) is 0 Å². The summed E-state index contributed by atoms with van der Waals surface area (Å²) < 4.78 is 5.53. The molecule has 0 aromatic rings. The number of halogens is 1. The van der Waals surface area contributed by atoms with E-state index in [1.54, 1.807) is 0 Å². The van der Waals surface area contributed by atoms with E-state index < -0.39 is 0 Å². The summed E-state index contributed by atoms with van der Waals surface area (Å²) in [6.07, 6.45) is 10.4. The number of carbonyl (C=O) groups excluding carboxylic acids is 1. The predicted molar refractivity (Wildman–Crippen MR) is 113 cm³/mol. The van der Waals surface area contributed by atoms with E-state index in [0.29, 0.717) is 29.0 Å². The van der Waals surface area contributed by atoms with Crippen molar-refractivity contribution in [1.82, 2.24) is 0 Å². The topological polar surface area (TPSA) is 26.3 Å². The van der Waals surface area contributed by atoms with Gasteiger partial charge in [0, 0.05) is 5.88 Å². The van der Waals surface area contributed by atoms with Crippen LogP contribution >= 0.6 is 11.6 Å². The Morgan fingerprint density at radius 1 is 1.15 bits per heavy atom. The van der Waals surface area contributed by atoms with Crippen LogP contribution in [0.25, 0.3) is 0 Å². The summed E-state index contributed by atoms with van der Waals surface area (Å²) in [5.74, 6) is 2.11. The molecule has 0 unspecified atom stereocenters. The summed E-state index contributed by atoms with van der Waals surface area (Å²) >= 11 is 6.35. The van der Waals surface area contributed by atoms with Gasteiger partial charge in [0.25, 0.3) is 0 Å². The average Bonchev–Trinajstić information content (AvgIpc) is 2.54. The van der Waals surface area contributed by atoms with Crippen molar-refractivity contribution in [3.63, 3.8) is 0 Å². The minimum atomic E-state index is -0.0656. The summed E-state index contributed by atoms with van der Waals surface area (Å²) in [6, 6.07) is 0. The monoisotopic (exact) mass is 394 g/mol. The van der Waals surface area contributed by atoms with E-state index in [4.69, 9.17) is 16.3 Å². The molecule has 5 atom stereocenters. The lowest BCUT2D eigenvalue weighted by Gasteiger charge is -2.65. The van der Waals surface area contributed by atoms with Crippen LogP contribution in [-0.2, 0) is 9.53 Å². The highest BCUT2D eigenvalue weighted by atomic mass is 35.5. The van der Waals surface area contributed by atoms with Crippen molar-refractivity contribution in [2.45, 2.75) is 92.6 Å². The molecule has 0 spiro atoms. The summed E-state index contributed by atoms with van der Waals surface area (Å²) in [5.41, 5.74) is 2.21. The normalized spacial score (nSPS) is 40.7. The van der Waals surface area contributed by atoms with Crippen LogP contribution in [-0.4, -0.2) is 18.0 Å². The quantitative estimate of drug-likeness (QED) is 0.299. The largest absolute Gasteiger partial charge is 0.463 e. The van der Waals surface area contributed by atoms with Crippen molar-refractivity contribution >= 4 is 17.6 Å². The summed E-state index contributed by atoms with van der Waals surface area (Å²) in [4.78, 5) is 12.6. The first-order chi connectivity index (χ1) is 12.5.